The molecule has 0 aliphatic heterocycles. The van der Waals surface area contributed by atoms with Gasteiger partial charge in [-0.2, -0.15) is 0 Å². The molecule has 0 atom stereocenters. The third-order valence-corrected chi connectivity index (χ3v) is 3.62. The number of nitrogens with two attached hydrogens (primary N) is 2. The molecule has 5 nitrogen and oxygen atoms in total. The Balaban J connectivity index is 3.27. The molecule has 0 aliphatic rings. The minimum absolute atomic E-state index is 0.335. The Kier molecular flexibility index (Phi) is 4.00. The molecule has 1 rings (SSSR count). The number of nitrogens with zero attached hydrogens (tertiary/aromatic N) is 1. The van der Waals surface area contributed by atoms with Crippen LogP contribution in [0, 0.1) is 0 Å². The van der Waals surface area contributed by atoms with E-state index >= 15 is 0 Å². The monoisotopic (exact) mass is 243 g/mol. The highest BCUT2D eigenvalue weighted by molar-refractivity contribution is 7.19. The molecule has 1 amide bonds. The van der Waals surface area contributed by atoms with E-state index in [4.69, 9.17) is 16.2 Å². The molecule has 0 fully saturated rings. The quantitative estimate of drug-likeness (QED) is 0.816. The molecule has 0 aliphatic carbocycles. The second kappa shape index (κ2) is 5.07. The summed E-state index contributed by atoms with van der Waals surface area (Å²) in [5, 5.41) is 0.860. The molecule has 16 heavy (non-hydrogen) atoms. The number of ether oxygens (including phenoxy) is 1. The van der Waals surface area contributed by atoms with Crippen molar-refractivity contribution in [1.82, 2.24) is 0 Å². The number of nitrogen functional groups attached to an aromatic ring is 1. The van der Waals surface area contributed by atoms with Gasteiger partial charge in [0.1, 0.15) is 15.6 Å². The van der Waals surface area contributed by atoms with Crippen LogP contribution in [0.3, 0.4) is 0 Å². The maximum absolute atomic E-state index is 11.2. The van der Waals surface area contributed by atoms with E-state index in [-0.39, 0.29) is 0 Å². The van der Waals surface area contributed by atoms with Crippen LogP contribution < -0.4 is 21.1 Å². The summed E-state index contributed by atoms with van der Waals surface area (Å²) < 4.78 is 5.23. The molecule has 0 unspecified atom stereocenters. The lowest BCUT2D eigenvalue weighted by Crippen LogP contribution is -2.21. The van der Waals surface area contributed by atoms with Crippen LogP contribution in [0.25, 0.3) is 0 Å². The second-order valence-electron chi connectivity index (χ2n) is 3.22. The maximum Gasteiger partial charge on any atom is 0.261 e. The van der Waals surface area contributed by atoms with E-state index in [0.29, 0.717) is 16.3 Å². The van der Waals surface area contributed by atoms with Crippen LogP contribution in [-0.2, 0) is 0 Å². The van der Waals surface area contributed by atoms with Crippen molar-refractivity contribution in [2.24, 2.45) is 5.73 Å². The van der Waals surface area contributed by atoms with Crippen LogP contribution >= 0.6 is 11.3 Å². The molecule has 0 saturated heterocycles. The van der Waals surface area contributed by atoms with Gasteiger partial charge in [-0.3, -0.25) is 4.79 Å². The highest BCUT2D eigenvalue weighted by Crippen LogP contribution is 2.44. The maximum atomic E-state index is 11.2. The van der Waals surface area contributed by atoms with Gasteiger partial charge in [0.05, 0.1) is 7.11 Å². The van der Waals surface area contributed by atoms with Crippen LogP contribution in [0.15, 0.2) is 0 Å². The Bertz CT molecular complexity index is 386. The number of amides is 1. The third-order valence-electron chi connectivity index (χ3n) is 2.36. The number of carbonyl (C=O) groups is 1. The molecule has 6 heteroatoms. The smallest absolute Gasteiger partial charge is 0.261 e. The standard InChI is InChI=1S/C10H17N3O2S/c1-4-13(5-2)10-7(15-3)6(11)8(16-10)9(12)14/h4-5,11H2,1-3H3,(H2,12,14). The fourth-order valence-electron chi connectivity index (χ4n) is 1.52. The molecule has 90 valence electrons. The minimum Gasteiger partial charge on any atom is -0.492 e. The SMILES string of the molecule is CCN(CC)c1sc(C(N)=O)c(N)c1OC. The average Bonchev–Trinajstić information content (AvgIpc) is 2.58. The molecular weight excluding hydrogens is 226 g/mol. The van der Waals surface area contributed by atoms with Crippen LogP contribution in [0.5, 0.6) is 5.75 Å². The van der Waals surface area contributed by atoms with Gasteiger partial charge in [-0.1, -0.05) is 0 Å². The van der Waals surface area contributed by atoms with Gasteiger partial charge in [0.25, 0.3) is 5.91 Å². The number of primary amides is 1. The second-order valence-corrected chi connectivity index (χ2v) is 4.22. The van der Waals surface area contributed by atoms with Crippen molar-refractivity contribution in [1.29, 1.82) is 0 Å². The van der Waals surface area contributed by atoms with E-state index in [0.717, 1.165) is 18.1 Å². The first kappa shape index (κ1) is 12.6. The molecule has 1 aromatic rings. The van der Waals surface area contributed by atoms with Crippen LogP contribution in [0.4, 0.5) is 10.7 Å². The van der Waals surface area contributed by atoms with Crippen molar-refractivity contribution in [3.8, 4) is 5.75 Å². The first-order valence-corrected chi connectivity index (χ1v) is 5.89. The highest BCUT2D eigenvalue weighted by atomic mass is 32.1. The Morgan fingerprint density at radius 3 is 2.38 bits per heavy atom. The summed E-state index contributed by atoms with van der Waals surface area (Å²) in [6.07, 6.45) is 0. The number of anilines is 2. The largest absolute Gasteiger partial charge is 0.492 e. The first-order chi connectivity index (χ1) is 7.56. The van der Waals surface area contributed by atoms with Gasteiger partial charge < -0.3 is 21.1 Å². The lowest BCUT2D eigenvalue weighted by molar-refractivity contribution is 0.100. The summed E-state index contributed by atoms with van der Waals surface area (Å²) in [5.74, 6) is 0.0294. The zero-order valence-corrected chi connectivity index (χ0v) is 10.6. The van der Waals surface area contributed by atoms with E-state index in [1.807, 2.05) is 13.8 Å². The predicted molar refractivity (Wildman–Crippen MR) is 67.4 cm³/mol. The zero-order chi connectivity index (χ0) is 12.3. The van der Waals surface area contributed by atoms with Crippen molar-refractivity contribution in [2.75, 3.05) is 30.8 Å². The first-order valence-electron chi connectivity index (χ1n) is 5.07. The summed E-state index contributed by atoms with van der Waals surface area (Å²) >= 11 is 1.28. The van der Waals surface area contributed by atoms with Gasteiger partial charge in [-0.15, -0.1) is 11.3 Å². The van der Waals surface area contributed by atoms with Crippen molar-refractivity contribution >= 4 is 27.9 Å². The summed E-state index contributed by atoms with van der Waals surface area (Å²) in [6, 6.07) is 0. The van der Waals surface area contributed by atoms with E-state index in [1.54, 1.807) is 0 Å². The lowest BCUT2D eigenvalue weighted by atomic mass is 10.3. The molecule has 0 spiro atoms. The number of thiophene rings is 1. The summed E-state index contributed by atoms with van der Waals surface area (Å²) in [7, 11) is 1.54. The Hall–Kier alpha value is -1.43. The van der Waals surface area contributed by atoms with Crippen LogP contribution in [0.2, 0.25) is 0 Å². The zero-order valence-electron chi connectivity index (χ0n) is 9.74. The molecule has 1 heterocycles. The van der Waals surface area contributed by atoms with Crippen molar-refractivity contribution in [3.63, 3.8) is 0 Å². The normalized spacial score (nSPS) is 10.2. The van der Waals surface area contributed by atoms with Crippen LogP contribution in [-0.4, -0.2) is 26.1 Å². The molecule has 0 radical (unpaired) electrons. The van der Waals surface area contributed by atoms with Gasteiger partial charge in [-0.25, -0.2) is 0 Å². The van der Waals surface area contributed by atoms with Gasteiger partial charge in [0, 0.05) is 13.1 Å². The van der Waals surface area contributed by atoms with Crippen molar-refractivity contribution in [2.45, 2.75) is 13.8 Å². The molecule has 1 aromatic heterocycles. The Morgan fingerprint density at radius 2 is 2.00 bits per heavy atom. The van der Waals surface area contributed by atoms with Gasteiger partial charge in [-0.05, 0) is 13.8 Å². The molecule has 0 aromatic carbocycles. The number of carbonyl (C=O) groups excluding carboxylic acids is 1. The summed E-state index contributed by atoms with van der Waals surface area (Å²) in [6.45, 7) is 5.71. The topological polar surface area (TPSA) is 81.6 Å². The molecule has 0 bridgehead atoms. The van der Waals surface area contributed by atoms with E-state index in [1.165, 1.54) is 18.4 Å². The Morgan fingerprint density at radius 1 is 1.44 bits per heavy atom. The number of hydrogen-bond donors (Lipinski definition) is 2. The minimum atomic E-state index is -0.515. The van der Waals surface area contributed by atoms with E-state index in [9.17, 15) is 4.79 Å². The van der Waals surface area contributed by atoms with Crippen LogP contribution in [0.1, 0.15) is 23.5 Å². The fourth-order valence-corrected chi connectivity index (χ4v) is 2.69. The van der Waals surface area contributed by atoms with E-state index in [2.05, 4.69) is 4.90 Å². The summed E-state index contributed by atoms with van der Waals surface area (Å²) in [4.78, 5) is 13.6. The van der Waals surface area contributed by atoms with Gasteiger partial charge in [0.2, 0.25) is 0 Å². The average molecular weight is 243 g/mol. The third kappa shape index (κ3) is 2.06. The van der Waals surface area contributed by atoms with Gasteiger partial charge in [0.15, 0.2) is 5.75 Å². The molecule has 0 saturated carbocycles. The van der Waals surface area contributed by atoms with E-state index < -0.39 is 5.91 Å². The lowest BCUT2D eigenvalue weighted by Gasteiger charge is -2.19. The molecule has 4 N–H and O–H groups in total. The highest BCUT2D eigenvalue weighted by Gasteiger charge is 2.22. The predicted octanol–water partition coefficient (Wildman–Crippen LogP) is 1.28. The van der Waals surface area contributed by atoms with Gasteiger partial charge >= 0.3 is 0 Å². The summed E-state index contributed by atoms with van der Waals surface area (Å²) in [5.41, 5.74) is 11.4. The molecular formula is C10H17N3O2S. The fraction of sp³-hybridized carbons (Fsp3) is 0.500. The number of hydrogen-bond acceptors (Lipinski definition) is 5. The van der Waals surface area contributed by atoms with Crippen molar-refractivity contribution in [3.05, 3.63) is 4.88 Å². The number of rotatable bonds is 5. The Labute approximate surface area is 99.0 Å². The van der Waals surface area contributed by atoms with Crippen molar-refractivity contribution < 1.29 is 9.53 Å². The number of methoxy groups -OCH3 is 1.